The molecule has 0 unspecified atom stereocenters. The molecule has 1 saturated heterocycles. The fourth-order valence-electron chi connectivity index (χ4n) is 4.40. The number of hydrogen-bond acceptors (Lipinski definition) is 7. The van der Waals surface area contributed by atoms with Crippen LogP contribution in [0.1, 0.15) is 60.9 Å². The number of carbonyl (C=O) groups is 1. The third-order valence-electron chi connectivity index (χ3n) is 6.23. The lowest BCUT2D eigenvalue weighted by Crippen LogP contribution is -2.43. The number of hydrogen-bond donors (Lipinski definition) is 0. The number of likely N-dealkylation sites (N-methyl/N-ethyl adjacent to an activating group) is 1. The number of carbonyl (C=O) groups excluding carboxylic acids is 1. The Morgan fingerprint density at radius 1 is 1.23 bits per heavy atom. The summed E-state index contributed by atoms with van der Waals surface area (Å²) < 4.78 is 6.56. The zero-order valence-electron chi connectivity index (χ0n) is 17.8. The van der Waals surface area contributed by atoms with Crippen LogP contribution in [0.15, 0.2) is 15.5 Å². The molecule has 9 heteroatoms. The largest absolute Gasteiger partial charge is 0.339 e. The second-order valence-corrected chi connectivity index (χ2v) is 8.52. The molecule has 4 rings (SSSR count). The van der Waals surface area contributed by atoms with E-state index in [1.807, 2.05) is 11.5 Å². The van der Waals surface area contributed by atoms with E-state index in [4.69, 9.17) is 9.61 Å². The van der Waals surface area contributed by atoms with Crippen molar-refractivity contribution in [3.8, 4) is 0 Å². The molecule has 9 nitrogen and oxygen atoms in total. The van der Waals surface area contributed by atoms with Gasteiger partial charge in [0.25, 0.3) is 5.56 Å². The van der Waals surface area contributed by atoms with Crippen LogP contribution in [0.3, 0.4) is 0 Å². The summed E-state index contributed by atoms with van der Waals surface area (Å²) in [6, 6.07) is 1.72. The fourth-order valence-corrected chi connectivity index (χ4v) is 4.40. The van der Waals surface area contributed by atoms with E-state index in [0.29, 0.717) is 24.5 Å². The van der Waals surface area contributed by atoms with Crippen molar-refractivity contribution in [3.05, 3.63) is 39.3 Å². The number of likely N-dealkylation sites (tertiary alicyclic amines) is 1. The average Bonchev–Trinajstić information content (AvgIpc) is 2.98. The van der Waals surface area contributed by atoms with Gasteiger partial charge >= 0.3 is 0 Å². The van der Waals surface area contributed by atoms with E-state index in [1.54, 1.807) is 18.0 Å². The second-order valence-electron chi connectivity index (χ2n) is 8.52. The van der Waals surface area contributed by atoms with Crippen LogP contribution < -0.4 is 5.56 Å². The Morgan fingerprint density at radius 3 is 2.90 bits per heavy atom. The minimum atomic E-state index is 0.0352. The van der Waals surface area contributed by atoms with Gasteiger partial charge in [0.05, 0.1) is 18.8 Å². The third-order valence-corrected chi connectivity index (χ3v) is 6.23. The average molecular weight is 415 g/mol. The lowest BCUT2D eigenvalue weighted by Gasteiger charge is -2.33. The molecule has 2 aliphatic rings. The van der Waals surface area contributed by atoms with Gasteiger partial charge in [0.1, 0.15) is 17.2 Å². The van der Waals surface area contributed by atoms with E-state index in [0.717, 1.165) is 69.7 Å². The molecular weight excluding hydrogens is 384 g/mol. The van der Waals surface area contributed by atoms with Crippen molar-refractivity contribution in [2.24, 2.45) is 0 Å². The summed E-state index contributed by atoms with van der Waals surface area (Å²) in [5.74, 6) is 1.16. The second kappa shape index (κ2) is 9.07. The Labute approximate surface area is 176 Å². The highest BCUT2D eigenvalue weighted by atomic mass is 16.6. The zero-order chi connectivity index (χ0) is 21.1. The standard InChI is InChI=1S/C21H30N6O3/c1-15-18(24-30-23-15)13-25(2)21(29)14-26-9-6-7-16(12-26)17-11-20(28)27-10-5-3-4-8-19(27)22-17/h11,16H,3-10,12-14H2,1-2H3/t16-/m1/s1. The highest BCUT2D eigenvalue weighted by Crippen LogP contribution is 2.26. The highest BCUT2D eigenvalue weighted by Gasteiger charge is 2.26. The van der Waals surface area contributed by atoms with Crippen LogP contribution in [0.5, 0.6) is 0 Å². The van der Waals surface area contributed by atoms with Crippen LogP contribution in [0.2, 0.25) is 0 Å². The zero-order valence-corrected chi connectivity index (χ0v) is 17.8. The number of rotatable bonds is 5. The van der Waals surface area contributed by atoms with Crippen LogP contribution >= 0.6 is 0 Å². The van der Waals surface area contributed by atoms with Gasteiger partial charge in [-0.25, -0.2) is 9.61 Å². The topological polar surface area (TPSA) is 97.4 Å². The first kappa shape index (κ1) is 20.7. The molecule has 0 aliphatic carbocycles. The monoisotopic (exact) mass is 414 g/mol. The summed E-state index contributed by atoms with van der Waals surface area (Å²) >= 11 is 0. The first-order valence-electron chi connectivity index (χ1n) is 10.9. The van der Waals surface area contributed by atoms with Crippen molar-refractivity contribution in [2.45, 2.75) is 64.5 Å². The van der Waals surface area contributed by atoms with E-state index < -0.39 is 0 Å². The molecule has 1 amide bonds. The molecule has 0 bridgehead atoms. The van der Waals surface area contributed by atoms with Crippen LogP contribution in [0.25, 0.3) is 0 Å². The molecular formula is C21H30N6O3. The minimum Gasteiger partial charge on any atom is -0.339 e. The molecule has 162 valence electrons. The summed E-state index contributed by atoms with van der Waals surface area (Å²) in [4.78, 5) is 34.1. The predicted molar refractivity (Wildman–Crippen MR) is 110 cm³/mol. The number of fused-ring (bicyclic) bond motifs is 1. The maximum Gasteiger partial charge on any atom is 0.253 e. The van der Waals surface area contributed by atoms with Crippen LogP contribution in [0, 0.1) is 6.92 Å². The van der Waals surface area contributed by atoms with E-state index in [9.17, 15) is 9.59 Å². The minimum absolute atomic E-state index is 0.0352. The SMILES string of the molecule is Cc1nonc1CN(C)C(=O)CN1CCC[C@@H](c2cc(=O)n3c(n2)CCCCC3)C1. The van der Waals surface area contributed by atoms with Gasteiger partial charge in [-0.05, 0) is 39.2 Å². The predicted octanol–water partition coefficient (Wildman–Crippen LogP) is 1.50. The summed E-state index contributed by atoms with van der Waals surface area (Å²) in [5.41, 5.74) is 2.34. The first-order chi connectivity index (χ1) is 14.5. The Bertz CT molecular complexity index is 952. The van der Waals surface area contributed by atoms with Gasteiger partial charge in [0, 0.05) is 38.5 Å². The van der Waals surface area contributed by atoms with Crippen LogP contribution in [0.4, 0.5) is 0 Å². The van der Waals surface area contributed by atoms with Gasteiger partial charge in [-0.2, -0.15) is 0 Å². The van der Waals surface area contributed by atoms with Crippen molar-refractivity contribution in [2.75, 3.05) is 26.7 Å². The van der Waals surface area contributed by atoms with Crippen LogP contribution in [-0.2, 0) is 24.3 Å². The third kappa shape index (κ3) is 4.61. The van der Waals surface area contributed by atoms with E-state index >= 15 is 0 Å². The Morgan fingerprint density at radius 2 is 2.10 bits per heavy atom. The summed E-state index contributed by atoms with van der Waals surface area (Å²) in [5, 5.41) is 7.62. The van der Waals surface area contributed by atoms with Crippen molar-refractivity contribution in [3.63, 3.8) is 0 Å². The van der Waals surface area contributed by atoms with E-state index in [-0.39, 0.29) is 17.4 Å². The summed E-state index contributed by atoms with van der Waals surface area (Å²) in [6.45, 7) is 4.95. The fraction of sp³-hybridized carbons (Fsp3) is 0.667. The van der Waals surface area contributed by atoms with Crippen molar-refractivity contribution < 1.29 is 9.42 Å². The number of piperidine rings is 1. The lowest BCUT2D eigenvalue weighted by atomic mass is 9.94. The molecule has 1 atom stereocenters. The van der Waals surface area contributed by atoms with Crippen LogP contribution in [-0.4, -0.2) is 62.3 Å². The van der Waals surface area contributed by atoms with Crippen molar-refractivity contribution in [1.29, 1.82) is 0 Å². The van der Waals surface area contributed by atoms with Crippen molar-refractivity contribution in [1.82, 2.24) is 29.7 Å². The number of nitrogens with zero attached hydrogens (tertiary/aromatic N) is 6. The summed E-state index contributed by atoms with van der Waals surface area (Å²) in [7, 11) is 1.77. The smallest absolute Gasteiger partial charge is 0.253 e. The number of amides is 1. The maximum atomic E-state index is 12.7. The van der Waals surface area contributed by atoms with Gasteiger partial charge in [0.15, 0.2) is 0 Å². The molecule has 0 radical (unpaired) electrons. The van der Waals surface area contributed by atoms with E-state index in [2.05, 4.69) is 15.2 Å². The van der Waals surface area contributed by atoms with Gasteiger partial charge in [-0.1, -0.05) is 16.7 Å². The normalized spacial score (nSPS) is 19.9. The molecule has 2 aromatic heterocycles. The quantitative estimate of drug-likeness (QED) is 0.731. The molecule has 0 saturated carbocycles. The molecule has 0 N–H and O–H groups in total. The van der Waals surface area contributed by atoms with Gasteiger partial charge in [0.2, 0.25) is 5.91 Å². The number of aryl methyl sites for hydroxylation is 2. The number of aromatic nitrogens is 4. The lowest BCUT2D eigenvalue weighted by molar-refractivity contribution is -0.132. The molecule has 4 heterocycles. The van der Waals surface area contributed by atoms with Gasteiger partial charge in [-0.15, -0.1) is 0 Å². The Kier molecular flexibility index (Phi) is 6.26. The maximum absolute atomic E-state index is 12.7. The molecule has 30 heavy (non-hydrogen) atoms. The van der Waals surface area contributed by atoms with Gasteiger partial charge < -0.3 is 4.90 Å². The molecule has 2 aliphatic heterocycles. The first-order valence-corrected chi connectivity index (χ1v) is 10.9. The molecule has 0 aromatic carbocycles. The van der Waals surface area contributed by atoms with Crippen molar-refractivity contribution >= 4 is 5.91 Å². The Balaban J connectivity index is 1.40. The highest BCUT2D eigenvalue weighted by molar-refractivity contribution is 5.78. The molecule has 1 fully saturated rings. The Hall–Kier alpha value is -2.55. The summed E-state index contributed by atoms with van der Waals surface area (Å²) in [6.07, 6.45) is 6.15. The molecule has 0 spiro atoms. The molecule has 2 aromatic rings. The van der Waals surface area contributed by atoms with Gasteiger partial charge in [-0.3, -0.25) is 19.1 Å². The van der Waals surface area contributed by atoms with E-state index in [1.165, 1.54) is 0 Å².